The van der Waals surface area contributed by atoms with Crippen LogP contribution in [0.1, 0.15) is 24.8 Å². The topological polar surface area (TPSA) is 91.8 Å². The van der Waals surface area contributed by atoms with E-state index < -0.39 is 18.3 Å². The van der Waals surface area contributed by atoms with Crippen LogP contribution in [0.15, 0.2) is 60.7 Å². The van der Waals surface area contributed by atoms with E-state index in [4.69, 9.17) is 9.72 Å². The van der Waals surface area contributed by atoms with Crippen molar-refractivity contribution in [3.05, 3.63) is 66.2 Å². The number of halogens is 1. The van der Waals surface area contributed by atoms with Crippen LogP contribution in [0.3, 0.4) is 0 Å². The van der Waals surface area contributed by atoms with E-state index in [1.54, 1.807) is 0 Å². The van der Waals surface area contributed by atoms with Crippen LogP contribution in [-0.4, -0.2) is 41.9 Å². The Bertz CT molecular complexity index is 1230. The van der Waals surface area contributed by atoms with Gasteiger partial charge in [0, 0.05) is 11.1 Å². The van der Waals surface area contributed by atoms with Gasteiger partial charge in [0.05, 0.1) is 17.8 Å². The zero-order valence-electron chi connectivity index (χ0n) is 18.5. The van der Waals surface area contributed by atoms with Crippen LogP contribution in [0, 0.1) is 0 Å². The first-order valence-electron chi connectivity index (χ1n) is 11.2. The van der Waals surface area contributed by atoms with Gasteiger partial charge in [-0.25, -0.2) is 14.2 Å². The van der Waals surface area contributed by atoms with E-state index >= 15 is 0 Å². The number of ether oxygens (including phenoxy) is 1. The number of amides is 2. The molecule has 174 valence electrons. The molecule has 0 unspecified atom stereocenters. The quantitative estimate of drug-likeness (QED) is 0.552. The highest BCUT2D eigenvalue weighted by atomic mass is 19.1. The fourth-order valence-corrected chi connectivity index (χ4v) is 4.68. The molecule has 2 amide bonds. The number of hydrogen-bond acceptors (Lipinski definition) is 4. The average molecular weight is 461 g/mol. The highest BCUT2D eigenvalue weighted by molar-refractivity contribution is 5.99. The maximum atomic E-state index is 13.2. The van der Waals surface area contributed by atoms with Gasteiger partial charge in [-0.15, -0.1) is 0 Å². The van der Waals surface area contributed by atoms with Gasteiger partial charge in [-0.05, 0) is 36.5 Å². The van der Waals surface area contributed by atoms with Gasteiger partial charge in [0.2, 0.25) is 5.88 Å². The summed E-state index contributed by atoms with van der Waals surface area (Å²) < 4.78 is 18.8. The highest BCUT2D eigenvalue weighted by Crippen LogP contribution is 2.43. The molecule has 2 aromatic carbocycles. The molecule has 8 heteroatoms. The monoisotopic (exact) mass is 461 g/mol. The lowest BCUT2D eigenvalue weighted by Crippen LogP contribution is -2.50. The van der Waals surface area contributed by atoms with E-state index in [9.17, 15) is 19.1 Å². The number of nitrogens with one attached hydrogen (secondary N) is 1. The van der Waals surface area contributed by atoms with Crippen molar-refractivity contribution in [3.63, 3.8) is 0 Å². The van der Waals surface area contributed by atoms with Crippen LogP contribution in [0.2, 0.25) is 0 Å². The van der Waals surface area contributed by atoms with E-state index in [-0.39, 0.29) is 24.9 Å². The summed E-state index contributed by atoms with van der Waals surface area (Å²) >= 11 is 0. The second-order valence-corrected chi connectivity index (χ2v) is 8.54. The Morgan fingerprint density at radius 2 is 1.85 bits per heavy atom. The molecule has 2 aliphatic rings. The van der Waals surface area contributed by atoms with E-state index in [2.05, 4.69) is 5.32 Å². The Balaban J connectivity index is 1.60. The largest absolute Gasteiger partial charge is 0.466 e. The second-order valence-electron chi connectivity index (χ2n) is 8.54. The standard InChI is InChI=1S/C26H24FN3O4/c27-13-14-30-21-15-20(17-5-2-1-3-6-17)23(28-24(21)34-16-22(30)31)18-7-9-19(10-8-18)26(11-4-12-26)29-25(32)33/h1-3,5-10,15,29H,4,11-14,16H2,(H,32,33). The lowest BCUT2D eigenvalue weighted by molar-refractivity contribution is -0.121. The number of carbonyl (C=O) groups excluding carboxylic acids is 1. The van der Waals surface area contributed by atoms with Gasteiger partial charge in [-0.2, -0.15) is 0 Å². The minimum atomic E-state index is -1.03. The van der Waals surface area contributed by atoms with Gasteiger partial charge in [0.1, 0.15) is 12.4 Å². The van der Waals surface area contributed by atoms with Gasteiger partial charge < -0.3 is 20.1 Å². The predicted molar refractivity (Wildman–Crippen MR) is 126 cm³/mol. The van der Waals surface area contributed by atoms with Gasteiger partial charge in [-0.3, -0.25) is 4.79 Å². The van der Waals surface area contributed by atoms with Crippen molar-refractivity contribution in [2.75, 3.05) is 24.7 Å². The molecule has 0 bridgehead atoms. The zero-order chi connectivity index (χ0) is 23.7. The molecule has 0 atom stereocenters. The molecule has 1 fully saturated rings. The van der Waals surface area contributed by atoms with Crippen molar-refractivity contribution in [1.82, 2.24) is 10.3 Å². The number of fused-ring (bicyclic) bond motifs is 1. The molecule has 5 rings (SSSR count). The number of alkyl halides is 1. The molecule has 3 aromatic rings. The van der Waals surface area contributed by atoms with Gasteiger partial charge in [-0.1, -0.05) is 54.6 Å². The first kappa shape index (κ1) is 21.9. The molecule has 1 aromatic heterocycles. The van der Waals surface area contributed by atoms with Crippen molar-refractivity contribution in [3.8, 4) is 28.3 Å². The van der Waals surface area contributed by atoms with Gasteiger partial charge >= 0.3 is 6.09 Å². The number of carbonyl (C=O) groups is 2. The summed E-state index contributed by atoms with van der Waals surface area (Å²) in [5.41, 5.74) is 4.00. The van der Waals surface area contributed by atoms with Crippen LogP contribution < -0.4 is 15.0 Å². The number of nitrogens with zero attached hydrogens (tertiary/aromatic N) is 2. The highest BCUT2D eigenvalue weighted by Gasteiger charge is 2.40. The van der Waals surface area contributed by atoms with Crippen molar-refractivity contribution in [1.29, 1.82) is 0 Å². The molecule has 1 aliphatic carbocycles. The molecule has 7 nitrogen and oxygen atoms in total. The van der Waals surface area contributed by atoms with Crippen LogP contribution in [0.4, 0.5) is 14.9 Å². The molecule has 0 saturated heterocycles. The summed E-state index contributed by atoms with van der Waals surface area (Å²) in [5, 5.41) is 12.0. The lowest BCUT2D eigenvalue weighted by atomic mass is 9.71. The van der Waals surface area contributed by atoms with E-state index in [0.29, 0.717) is 11.4 Å². The third kappa shape index (κ3) is 3.85. The molecule has 1 saturated carbocycles. The first-order chi connectivity index (χ1) is 16.5. The second kappa shape index (κ2) is 8.78. The minimum absolute atomic E-state index is 0.0577. The first-order valence-corrected chi connectivity index (χ1v) is 11.2. The van der Waals surface area contributed by atoms with Crippen molar-refractivity contribution >= 4 is 17.7 Å². The number of hydrogen-bond donors (Lipinski definition) is 2. The van der Waals surface area contributed by atoms with Crippen molar-refractivity contribution in [2.45, 2.75) is 24.8 Å². The van der Waals surface area contributed by atoms with E-state index in [1.807, 2.05) is 60.7 Å². The summed E-state index contributed by atoms with van der Waals surface area (Å²) in [5.74, 6) is -0.0189. The minimum Gasteiger partial charge on any atom is -0.466 e. The Morgan fingerprint density at radius 3 is 2.47 bits per heavy atom. The SMILES string of the molecule is O=C(O)NC1(c2ccc(-c3nc4c(cc3-c3ccccc3)N(CCF)C(=O)CO4)cc2)CCC1. The van der Waals surface area contributed by atoms with E-state index in [1.165, 1.54) is 4.90 Å². The van der Waals surface area contributed by atoms with Crippen LogP contribution >= 0.6 is 0 Å². The van der Waals surface area contributed by atoms with Crippen LogP contribution in [0.25, 0.3) is 22.4 Å². The third-order valence-corrected chi connectivity index (χ3v) is 6.55. The van der Waals surface area contributed by atoms with Crippen LogP contribution in [0.5, 0.6) is 5.88 Å². The Kier molecular flexibility index (Phi) is 5.65. The molecule has 0 spiro atoms. The Hall–Kier alpha value is -3.94. The Morgan fingerprint density at radius 1 is 1.12 bits per heavy atom. The number of rotatable bonds is 6. The number of benzene rings is 2. The fourth-order valence-electron chi connectivity index (χ4n) is 4.68. The number of aromatic nitrogens is 1. The smallest absolute Gasteiger partial charge is 0.405 e. The fraction of sp³-hybridized carbons (Fsp3) is 0.269. The molecule has 34 heavy (non-hydrogen) atoms. The summed E-state index contributed by atoms with van der Waals surface area (Å²) in [6, 6.07) is 19.2. The van der Waals surface area contributed by atoms with E-state index in [0.717, 1.165) is 41.5 Å². The van der Waals surface area contributed by atoms with Crippen molar-refractivity contribution < 1.29 is 23.8 Å². The normalized spacial score (nSPS) is 16.3. The average Bonchev–Trinajstić information content (AvgIpc) is 2.83. The maximum Gasteiger partial charge on any atom is 0.405 e. The third-order valence-electron chi connectivity index (χ3n) is 6.55. The number of anilines is 1. The summed E-state index contributed by atoms with van der Waals surface area (Å²) in [7, 11) is 0. The summed E-state index contributed by atoms with van der Waals surface area (Å²) in [4.78, 5) is 29.8. The summed E-state index contributed by atoms with van der Waals surface area (Å²) in [6.07, 6.45) is 1.46. The molecular weight excluding hydrogens is 437 g/mol. The lowest BCUT2D eigenvalue weighted by Gasteiger charge is -2.42. The van der Waals surface area contributed by atoms with Crippen molar-refractivity contribution in [2.24, 2.45) is 0 Å². The molecule has 2 N–H and O–H groups in total. The Labute approximate surface area is 196 Å². The van der Waals surface area contributed by atoms with Crippen LogP contribution in [-0.2, 0) is 10.3 Å². The predicted octanol–water partition coefficient (Wildman–Crippen LogP) is 4.76. The molecular formula is C26H24FN3O4. The number of carboxylic acid groups (broad SMARTS) is 1. The van der Waals surface area contributed by atoms with Gasteiger partial charge in [0.15, 0.2) is 6.61 Å². The molecule has 2 heterocycles. The maximum absolute atomic E-state index is 13.2. The molecule has 0 radical (unpaired) electrons. The number of pyridine rings is 1. The van der Waals surface area contributed by atoms with Gasteiger partial charge in [0.25, 0.3) is 5.91 Å². The molecule has 1 aliphatic heterocycles. The zero-order valence-corrected chi connectivity index (χ0v) is 18.5. The summed E-state index contributed by atoms with van der Waals surface area (Å²) in [6.45, 7) is -0.911.